The summed E-state index contributed by atoms with van der Waals surface area (Å²) < 4.78 is 0. The van der Waals surface area contributed by atoms with Crippen LogP contribution in [-0.4, -0.2) is 55.1 Å². The van der Waals surface area contributed by atoms with Crippen LogP contribution >= 0.6 is 0 Å². The Bertz CT molecular complexity index is 346. The van der Waals surface area contributed by atoms with Crippen LogP contribution in [0.1, 0.15) is 26.7 Å². The van der Waals surface area contributed by atoms with Gasteiger partial charge in [0.25, 0.3) is 0 Å². The van der Waals surface area contributed by atoms with Crippen LogP contribution < -0.4 is 16.0 Å². The van der Waals surface area contributed by atoms with Gasteiger partial charge in [0, 0.05) is 18.6 Å². The standard InChI is InChI=1S/C13H24N4O2/c1-9(2)15-13(19)16-12(18)8-17-5-3-4-10-6-14-7-11(10)17/h9-11,14H,3-8H2,1-2H3,(H2,15,16,18,19). The first kappa shape index (κ1) is 14.3. The summed E-state index contributed by atoms with van der Waals surface area (Å²) in [5, 5.41) is 8.42. The zero-order valence-electron chi connectivity index (χ0n) is 11.7. The fraction of sp³-hybridized carbons (Fsp3) is 0.846. The molecular formula is C13H24N4O2. The fourth-order valence-corrected chi connectivity index (χ4v) is 3.01. The highest BCUT2D eigenvalue weighted by molar-refractivity contribution is 5.95. The summed E-state index contributed by atoms with van der Waals surface area (Å²) in [6.45, 7) is 7.00. The number of rotatable bonds is 3. The first-order valence-electron chi connectivity index (χ1n) is 7.11. The molecular weight excluding hydrogens is 244 g/mol. The zero-order valence-corrected chi connectivity index (χ0v) is 11.7. The number of hydrogen-bond donors (Lipinski definition) is 3. The average molecular weight is 268 g/mol. The monoisotopic (exact) mass is 268 g/mol. The van der Waals surface area contributed by atoms with E-state index >= 15 is 0 Å². The highest BCUT2D eigenvalue weighted by Crippen LogP contribution is 2.25. The number of amides is 3. The minimum absolute atomic E-state index is 0.0335. The molecule has 2 saturated heterocycles. The summed E-state index contributed by atoms with van der Waals surface area (Å²) in [6.07, 6.45) is 2.37. The van der Waals surface area contributed by atoms with Crippen LogP contribution in [0.3, 0.4) is 0 Å². The van der Waals surface area contributed by atoms with Gasteiger partial charge in [0.05, 0.1) is 6.54 Å². The number of piperidine rings is 1. The van der Waals surface area contributed by atoms with Crippen LogP contribution in [0, 0.1) is 5.92 Å². The Hall–Kier alpha value is -1.14. The fourth-order valence-electron chi connectivity index (χ4n) is 3.01. The van der Waals surface area contributed by atoms with Gasteiger partial charge < -0.3 is 10.6 Å². The maximum atomic E-state index is 11.9. The summed E-state index contributed by atoms with van der Waals surface area (Å²) in [7, 11) is 0. The summed E-state index contributed by atoms with van der Waals surface area (Å²) in [6, 6.07) is 0.0805. The van der Waals surface area contributed by atoms with E-state index in [1.54, 1.807) is 0 Å². The van der Waals surface area contributed by atoms with Crippen molar-refractivity contribution in [3.05, 3.63) is 0 Å². The molecule has 0 aromatic rings. The number of carbonyl (C=O) groups is 2. The first-order valence-corrected chi connectivity index (χ1v) is 7.11. The van der Waals surface area contributed by atoms with Crippen LogP contribution in [0.2, 0.25) is 0 Å². The highest BCUT2D eigenvalue weighted by Gasteiger charge is 2.35. The van der Waals surface area contributed by atoms with Crippen LogP contribution in [0.25, 0.3) is 0 Å². The summed E-state index contributed by atoms with van der Waals surface area (Å²) in [5.74, 6) is 0.441. The third-order valence-electron chi connectivity index (χ3n) is 3.81. The van der Waals surface area contributed by atoms with Crippen LogP contribution in [-0.2, 0) is 4.79 Å². The van der Waals surface area contributed by atoms with Gasteiger partial charge in [-0.05, 0) is 45.7 Å². The van der Waals surface area contributed by atoms with Gasteiger partial charge >= 0.3 is 6.03 Å². The van der Waals surface area contributed by atoms with Crippen molar-refractivity contribution in [3.63, 3.8) is 0 Å². The van der Waals surface area contributed by atoms with Crippen molar-refractivity contribution < 1.29 is 9.59 Å². The molecule has 0 aliphatic carbocycles. The largest absolute Gasteiger partial charge is 0.336 e. The SMILES string of the molecule is CC(C)NC(=O)NC(=O)CN1CCCC2CNCC21. The molecule has 2 heterocycles. The first-order chi connectivity index (χ1) is 9.06. The van der Waals surface area contributed by atoms with Gasteiger partial charge in [-0.1, -0.05) is 0 Å². The number of nitrogens with zero attached hydrogens (tertiary/aromatic N) is 1. The van der Waals surface area contributed by atoms with E-state index in [0.717, 1.165) is 26.1 Å². The Morgan fingerprint density at radius 3 is 2.89 bits per heavy atom. The predicted octanol–water partition coefficient (Wildman–Crippen LogP) is -0.0956. The van der Waals surface area contributed by atoms with E-state index in [4.69, 9.17) is 0 Å². The van der Waals surface area contributed by atoms with Crippen LogP contribution in [0.4, 0.5) is 4.79 Å². The molecule has 0 spiro atoms. The lowest BCUT2D eigenvalue weighted by Gasteiger charge is -2.36. The molecule has 0 aromatic heterocycles. The second-order valence-electron chi connectivity index (χ2n) is 5.77. The number of carbonyl (C=O) groups excluding carboxylic acids is 2. The summed E-state index contributed by atoms with van der Waals surface area (Å²) in [5.41, 5.74) is 0. The number of fused-ring (bicyclic) bond motifs is 1. The number of nitrogens with one attached hydrogen (secondary N) is 3. The van der Waals surface area contributed by atoms with E-state index in [1.807, 2.05) is 13.8 Å². The molecule has 0 aromatic carbocycles. The Kier molecular flexibility index (Phi) is 4.76. The molecule has 2 aliphatic heterocycles. The van der Waals surface area contributed by atoms with Crippen molar-refractivity contribution in [2.24, 2.45) is 5.92 Å². The van der Waals surface area contributed by atoms with Crippen molar-refractivity contribution in [2.75, 3.05) is 26.2 Å². The molecule has 2 atom stereocenters. The molecule has 3 amide bonds. The van der Waals surface area contributed by atoms with Crippen LogP contribution in [0.5, 0.6) is 0 Å². The smallest absolute Gasteiger partial charge is 0.321 e. The molecule has 2 aliphatic rings. The second-order valence-corrected chi connectivity index (χ2v) is 5.77. The molecule has 6 heteroatoms. The third kappa shape index (κ3) is 3.91. The van der Waals surface area contributed by atoms with Gasteiger partial charge in [-0.2, -0.15) is 0 Å². The Labute approximate surface area is 114 Å². The Morgan fingerprint density at radius 1 is 1.37 bits per heavy atom. The van der Waals surface area contributed by atoms with Crippen LogP contribution in [0.15, 0.2) is 0 Å². The van der Waals surface area contributed by atoms with Crippen molar-refractivity contribution >= 4 is 11.9 Å². The third-order valence-corrected chi connectivity index (χ3v) is 3.81. The molecule has 0 radical (unpaired) electrons. The molecule has 2 unspecified atom stereocenters. The molecule has 2 fully saturated rings. The van der Waals surface area contributed by atoms with E-state index in [0.29, 0.717) is 18.5 Å². The maximum Gasteiger partial charge on any atom is 0.321 e. The minimum atomic E-state index is -0.405. The van der Waals surface area contributed by atoms with Gasteiger partial charge in [-0.25, -0.2) is 4.79 Å². The number of urea groups is 1. The van der Waals surface area contributed by atoms with E-state index in [-0.39, 0.29) is 11.9 Å². The number of hydrogen-bond acceptors (Lipinski definition) is 4. The lowest BCUT2D eigenvalue weighted by Crippen LogP contribution is -2.51. The van der Waals surface area contributed by atoms with Gasteiger partial charge in [0.1, 0.15) is 0 Å². The Morgan fingerprint density at radius 2 is 2.16 bits per heavy atom. The maximum absolute atomic E-state index is 11.9. The molecule has 3 N–H and O–H groups in total. The van der Waals surface area contributed by atoms with E-state index in [1.165, 1.54) is 6.42 Å². The quantitative estimate of drug-likeness (QED) is 0.668. The van der Waals surface area contributed by atoms with Gasteiger partial charge in [-0.15, -0.1) is 0 Å². The van der Waals surface area contributed by atoms with E-state index in [9.17, 15) is 9.59 Å². The normalized spacial score (nSPS) is 27.1. The molecule has 108 valence electrons. The minimum Gasteiger partial charge on any atom is -0.336 e. The summed E-state index contributed by atoms with van der Waals surface area (Å²) in [4.78, 5) is 25.5. The average Bonchev–Trinajstić information content (AvgIpc) is 2.76. The van der Waals surface area contributed by atoms with Crippen molar-refractivity contribution in [1.29, 1.82) is 0 Å². The molecule has 0 saturated carbocycles. The van der Waals surface area contributed by atoms with Crippen molar-refractivity contribution in [3.8, 4) is 0 Å². The van der Waals surface area contributed by atoms with Gasteiger partial charge in [0.2, 0.25) is 5.91 Å². The van der Waals surface area contributed by atoms with Crippen molar-refractivity contribution in [2.45, 2.75) is 38.8 Å². The Balaban J connectivity index is 1.79. The lowest BCUT2D eigenvalue weighted by molar-refractivity contribution is -0.122. The van der Waals surface area contributed by atoms with E-state index < -0.39 is 6.03 Å². The molecule has 19 heavy (non-hydrogen) atoms. The highest BCUT2D eigenvalue weighted by atomic mass is 16.2. The molecule has 0 bridgehead atoms. The van der Waals surface area contributed by atoms with Crippen molar-refractivity contribution in [1.82, 2.24) is 20.9 Å². The van der Waals surface area contributed by atoms with Gasteiger partial charge in [0.15, 0.2) is 0 Å². The number of imide groups is 1. The topological polar surface area (TPSA) is 73.5 Å². The molecule has 6 nitrogen and oxygen atoms in total. The molecule has 2 rings (SSSR count). The van der Waals surface area contributed by atoms with E-state index in [2.05, 4.69) is 20.9 Å². The number of likely N-dealkylation sites (tertiary alicyclic amines) is 1. The predicted molar refractivity (Wildman–Crippen MR) is 72.8 cm³/mol. The summed E-state index contributed by atoms with van der Waals surface area (Å²) >= 11 is 0. The zero-order chi connectivity index (χ0) is 13.8. The van der Waals surface area contributed by atoms with Gasteiger partial charge in [-0.3, -0.25) is 15.0 Å². The lowest BCUT2D eigenvalue weighted by atomic mass is 9.92. The second kappa shape index (κ2) is 6.34.